The van der Waals surface area contributed by atoms with E-state index in [9.17, 15) is 8.78 Å². The molecule has 0 bridgehead atoms. The molecule has 0 aliphatic heterocycles. The average Bonchev–Trinajstić information content (AvgIpc) is 2.35. The second kappa shape index (κ2) is 4.97. The van der Waals surface area contributed by atoms with Gasteiger partial charge in [-0.05, 0) is 37.1 Å². The summed E-state index contributed by atoms with van der Waals surface area (Å²) in [5, 5.41) is 2.47. The third-order valence-electron chi connectivity index (χ3n) is 2.64. The van der Waals surface area contributed by atoms with Crippen molar-refractivity contribution in [2.75, 3.05) is 11.1 Å². The maximum absolute atomic E-state index is 13.9. The Kier molecular flexibility index (Phi) is 3.53. The van der Waals surface area contributed by atoms with Gasteiger partial charge in [0.2, 0.25) is 5.28 Å². The monoisotopic (exact) mass is 284 g/mol. The van der Waals surface area contributed by atoms with Crippen LogP contribution in [0.5, 0.6) is 0 Å². The first kappa shape index (κ1) is 13.5. The molecule has 0 aliphatic carbocycles. The molecule has 0 fully saturated rings. The Balaban J connectivity index is 2.51. The number of aryl methyl sites for hydroxylation is 2. The van der Waals surface area contributed by atoms with Gasteiger partial charge in [0, 0.05) is 0 Å². The van der Waals surface area contributed by atoms with Gasteiger partial charge in [-0.25, -0.2) is 13.8 Å². The van der Waals surface area contributed by atoms with Crippen molar-refractivity contribution in [3.05, 3.63) is 40.3 Å². The zero-order chi connectivity index (χ0) is 14.2. The van der Waals surface area contributed by atoms with Gasteiger partial charge in [0.25, 0.3) is 0 Å². The molecule has 100 valence electrons. The molecule has 1 aromatic carbocycles. The molecule has 3 N–H and O–H groups in total. The van der Waals surface area contributed by atoms with Gasteiger partial charge < -0.3 is 11.1 Å². The standard InChI is InChI=1S/C12H11ClF2N4/c1-5-3-4-7(14)10(8(5)15)18-11-9(16)6(2)17-12(13)19-11/h3-4H,16H2,1-2H3,(H,17,18,19). The van der Waals surface area contributed by atoms with Crippen LogP contribution in [0.1, 0.15) is 11.3 Å². The van der Waals surface area contributed by atoms with Gasteiger partial charge in [0.05, 0.1) is 11.4 Å². The highest BCUT2D eigenvalue weighted by Crippen LogP contribution is 2.28. The number of aromatic nitrogens is 2. The fraction of sp³-hybridized carbons (Fsp3) is 0.167. The summed E-state index contributed by atoms with van der Waals surface area (Å²) in [6, 6.07) is 2.50. The maximum Gasteiger partial charge on any atom is 0.224 e. The fourth-order valence-corrected chi connectivity index (χ4v) is 1.74. The van der Waals surface area contributed by atoms with Crippen LogP contribution in [0.15, 0.2) is 12.1 Å². The van der Waals surface area contributed by atoms with Crippen LogP contribution < -0.4 is 11.1 Å². The van der Waals surface area contributed by atoms with Gasteiger partial charge in [-0.15, -0.1) is 0 Å². The number of nitrogens with one attached hydrogen (secondary N) is 1. The molecule has 0 amide bonds. The molecule has 2 aromatic rings. The number of nitrogens with two attached hydrogens (primary N) is 1. The van der Waals surface area contributed by atoms with Crippen LogP contribution in [0.25, 0.3) is 0 Å². The Hall–Kier alpha value is -1.95. The van der Waals surface area contributed by atoms with Crippen LogP contribution in [-0.4, -0.2) is 9.97 Å². The number of anilines is 3. The van der Waals surface area contributed by atoms with Crippen LogP contribution in [-0.2, 0) is 0 Å². The molecule has 2 rings (SSSR count). The highest BCUT2D eigenvalue weighted by Gasteiger charge is 2.15. The van der Waals surface area contributed by atoms with E-state index in [1.54, 1.807) is 6.92 Å². The smallest absolute Gasteiger partial charge is 0.224 e. The Morgan fingerprint density at radius 2 is 1.89 bits per heavy atom. The van der Waals surface area contributed by atoms with Crippen LogP contribution in [0.3, 0.4) is 0 Å². The minimum atomic E-state index is -0.741. The minimum Gasteiger partial charge on any atom is -0.394 e. The lowest BCUT2D eigenvalue weighted by Crippen LogP contribution is -2.06. The average molecular weight is 285 g/mol. The summed E-state index contributed by atoms with van der Waals surface area (Å²) in [4.78, 5) is 7.67. The van der Waals surface area contributed by atoms with E-state index < -0.39 is 11.6 Å². The SMILES string of the molecule is Cc1ccc(F)c(Nc2nc(Cl)nc(C)c2N)c1F. The molecule has 0 atom stereocenters. The number of nitrogen functional groups attached to an aromatic ring is 1. The normalized spacial score (nSPS) is 10.6. The van der Waals surface area contributed by atoms with E-state index in [1.807, 2.05) is 0 Å². The first-order chi connectivity index (χ1) is 8.90. The van der Waals surface area contributed by atoms with Crippen molar-refractivity contribution in [1.29, 1.82) is 0 Å². The highest BCUT2D eigenvalue weighted by molar-refractivity contribution is 6.28. The first-order valence-electron chi connectivity index (χ1n) is 5.41. The summed E-state index contributed by atoms with van der Waals surface area (Å²) in [7, 11) is 0. The van der Waals surface area contributed by atoms with E-state index >= 15 is 0 Å². The van der Waals surface area contributed by atoms with Crippen molar-refractivity contribution >= 4 is 28.8 Å². The lowest BCUT2D eigenvalue weighted by Gasteiger charge is -2.12. The number of hydrogen-bond donors (Lipinski definition) is 2. The number of nitrogens with zero attached hydrogens (tertiary/aromatic N) is 2. The lowest BCUT2D eigenvalue weighted by molar-refractivity contribution is 0.584. The number of benzene rings is 1. The van der Waals surface area contributed by atoms with E-state index in [1.165, 1.54) is 13.0 Å². The largest absolute Gasteiger partial charge is 0.394 e. The third kappa shape index (κ3) is 2.58. The predicted molar refractivity (Wildman–Crippen MR) is 70.6 cm³/mol. The Morgan fingerprint density at radius 1 is 1.21 bits per heavy atom. The topological polar surface area (TPSA) is 63.8 Å². The second-order valence-corrected chi connectivity index (χ2v) is 4.36. The van der Waals surface area contributed by atoms with Crippen molar-refractivity contribution in [3.8, 4) is 0 Å². The molecule has 0 aliphatic rings. The summed E-state index contributed by atoms with van der Waals surface area (Å²) in [5.74, 6) is -1.37. The quantitative estimate of drug-likeness (QED) is 0.830. The van der Waals surface area contributed by atoms with Crippen molar-refractivity contribution < 1.29 is 8.78 Å². The summed E-state index contributed by atoms with van der Waals surface area (Å²) in [6.45, 7) is 3.15. The van der Waals surface area contributed by atoms with Gasteiger partial charge in [-0.2, -0.15) is 4.98 Å². The second-order valence-electron chi connectivity index (χ2n) is 4.02. The lowest BCUT2D eigenvalue weighted by atomic mass is 10.2. The zero-order valence-electron chi connectivity index (χ0n) is 10.3. The predicted octanol–water partition coefficient (Wildman–Crippen LogP) is 3.35. The molecule has 7 heteroatoms. The van der Waals surface area contributed by atoms with Crippen molar-refractivity contribution in [2.45, 2.75) is 13.8 Å². The fourth-order valence-electron chi connectivity index (χ4n) is 1.53. The molecule has 0 unspecified atom stereocenters. The molecule has 0 spiro atoms. The molecular formula is C12H11ClF2N4. The number of halogens is 3. The number of hydrogen-bond acceptors (Lipinski definition) is 4. The van der Waals surface area contributed by atoms with Crippen molar-refractivity contribution in [1.82, 2.24) is 9.97 Å². The van der Waals surface area contributed by atoms with Gasteiger partial charge >= 0.3 is 0 Å². The Morgan fingerprint density at radius 3 is 2.58 bits per heavy atom. The number of rotatable bonds is 2. The molecule has 1 heterocycles. The first-order valence-corrected chi connectivity index (χ1v) is 5.79. The summed E-state index contributed by atoms with van der Waals surface area (Å²) in [5.41, 5.74) is 6.34. The van der Waals surface area contributed by atoms with Crippen molar-refractivity contribution in [3.63, 3.8) is 0 Å². The van der Waals surface area contributed by atoms with Gasteiger partial charge in [-0.1, -0.05) is 6.07 Å². The summed E-state index contributed by atoms with van der Waals surface area (Å²) >= 11 is 5.69. The van der Waals surface area contributed by atoms with Crippen LogP contribution in [0.2, 0.25) is 5.28 Å². The Bertz CT molecular complexity index is 646. The van der Waals surface area contributed by atoms with E-state index in [4.69, 9.17) is 17.3 Å². The minimum absolute atomic E-state index is 0.0531. The molecular weight excluding hydrogens is 274 g/mol. The van der Waals surface area contributed by atoms with Crippen molar-refractivity contribution in [2.24, 2.45) is 0 Å². The van der Waals surface area contributed by atoms with E-state index in [2.05, 4.69) is 15.3 Å². The third-order valence-corrected chi connectivity index (χ3v) is 2.81. The molecule has 0 radical (unpaired) electrons. The molecule has 0 saturated heterocycles. The molecule has 4 nitrogen and oxygen atoms in total. The van der Waals surface area contributed by atoms with E-state index in [0.29, 0.717) is 11.3 Å². The van der Waals surface area contributed by atoms with Gasteiger partial charge in [-0.3, -0.25) is 0 Å². The zero-order valence-corrected chi connectivity index (χ0v) is 11.0. The van der Waals surface area contributed by atoms with Crippen LogP contribution in [0.4, 0.5) is 26.0 Å². The van der Waals surface area contributed by atoms with E-state index in [0.717, 1.165) is 6.07 Å². The molecule has 19 heavy (non-hydrogen) atoms. The van der Waals surface area contributed by atoms with Gasteiger partial charge in [0.15, 0.2) is 11.6 Å². The Labute approximate surface area is 113 Å². The highest BCUT2D eigenvalue weighted by atomic mass is 35.5. The summed E-state index contributed by atoms with van der Waals surface area (Å²) < 4.78 is 27.5. The van der Waals surface area contributed by atoms with Crippen LogP contribution in [0, 0.1) is 25.5 Å². The van der Waals surface area contributed by atoms with Crippen LogP contribution >= 0.6 is 11.6 Å². The van der Waals surface area contributed by atoms with Gasteiger partial charge in [0.1, 0.15) is 11.5 Å². The van der Waals surface area contributed by atoms with E-state index in [-0.39, 0.29) is 22.5 Å². The maximum atomic E-state index is 13.9. The molecule has 1 aromatic heterocycles. The molecule has 0 saturated carbocycles. The summed E-state index contributed by atoms with van der Waals surface area (Å²) in [6.07, 6.45) is 0.